The van der Waals surface area contributed by atoms with Crippen molar-refractivity contribution in [2.45, 2.75) is 26.8 Å². The topological polar surface area (TPSA) is 55.6 Å². The van der Waals surface area contributed by atoms with Crippen molar-refractivity contribution in [3.8, 4) is 5.75 Å². The summed E-state index contributed by atoms with van der Waals surface area (Å²) in [5.41, 5.74) is 5.09. The summed E-state index contributed by atoms with van der Waals surface area (Å²) < 4.78 is 7.32. The van der Waals surface area contributed by atoms with Crippen LogP contribution in [-0.4, -0.2) is 23.8 Å². The third-order valence-corrected chi connectivity index (χ3v) is 3.36. The number of para-hydroxylation sites is 1. The molecule has 0 aliphatic carbocycles. The van der Waals surface area contributed by atoms with E-state index in [1.165, 1.54) is 7.11 Å². The molecule has 2 aromatic rings. The summed E-state index contributed by atoms with van der Waals surface area (Å²) in [6, 6.07) is 9.46. The Hall–Kier alpha value is -2.56. The van der Waals surface area contributed by atoms with Crippen molar-refractivity contribution < 1.29 is 9.53 Å². The van der Waals surface area contributed by atoms with Gasteiger partial charge in [-0.1, -0.05) is 12.1 Å². The van der Waals surface area contributed by atoms with Crippen LogP contribution in [0.5, 0.6) is 5.75 Å². The minimum absolute atomic E-state index is 0.297. The molecular formula is C17H21N3O2. The number of amides is 1. The van der Waals surface area contributed by atoms with Gasteiger partial charge in [-0.25, -0.2) is 5.43 Å². The number of carbonyl (C=O) groups excluding carboxylic acids is 1. The molecule has 22 heavy (non-hydrogen) atoms. The van der Waals surface area contributed by atoms with Crippen molar-refractivity contribution in [2.24, 2.45) is 5.10 Å². The largest absolute Gasteiger partial charge is 0.496 e. The maximum Gasteiger partial charge on any atom is 0.275 e. The zero-order valence-corrected chi connectivity index (χ0v) is 13.3. The van der Waals surface area contributed by atoms with Crippen LogP contribution in [-0.2, 0) is 0 Å². The molecule has 1 amide bonds. The summed E-state index contributed by atoms with van der Waals surface area (Å²) in [5, 5.41) is 4.01. The predicted octanol–water partition coefficient (Wildman–Crippen LogP) is 3.15. The molecule has 0 atom stereocenters. The molecule has 0 bridgehead atoms. The Bertz CT molecular complexity index is 687. The van der Waals surface area contributed by atoms with Gasteiger partial charge in [-0.3, -0.25) is 4.79 Å². The molecule has 1 aromatic carbocycles. The third-order valence-electron chi connectivity index (χ3n) is 3.36. The fourth-order valence-electron chi connectivity index (χ4n) is 2.30. The van der Waals surface area contributed by atoms with Crippen LogP contribution in [0.4, 0.5) is 0 Å². The van der Waals surface area contributed by atoms with Crippen molar-refractivity contribution in [2.75, 3.05) is 7.11 Å². The average molecular weight is 299 g/mol. The standard InChI is InChI=1S/C17H21N3O2/c1-12(2)20-11-14(9-13(20)3)10-18-19-17(21)15-7-5-6-8-16(15)22-4/h5-12H,1-4H3,(H,19,21)/b18-10-. The molecule has 1 aromatic heterocycles. The SMILES string of the molecule is COc1ccccc1C(=O)N/N=C\c1cc(C)n(C(C)C)c1. The van der Waals surface area contributed by atoms with Gasteiger partial charge in [-0.2, -0.15) is 5.10 Å². The molecule has 0 aliphatic rings. The summed E-state index contributed by atoms with van der Waals surface area (Å²) in [5.74, 6) is 0.228. The molecule has 5 nitrogen and oxygen atoms in total. The minimum atomic E-state index is -0.297. The number of aromatic nitrogens is 1. The van der Waals surface area contributed by atoms with E-state index in [9.17, 15) is 4.79 Å². The number of hydrogen-bond acceptors (Lipinski definition) is 3. The number of aryl methyl sites for hydroxylation is 1. The number of nitrogens with zero attached hydrogens (tertiary/aromatic N) is 2. The van der Waals surface area contributed by atoms with Gasteiger partial charge in [-0.15, -0.1) is 0 Å². The molecule has 1 N–H and O–H groups in total. The lowest BCUT2D eigenvalue weighted by Gasteiger charge is -2.08. The van der Waals surface area contributed by atoms with Crippen LogP contribution < -0.4 is 10.2 Å². The highest BCUT2D eigenvalue weighted by atomic mass is 16.5. The maximum atomic E-state index is 12.1. The Kier molecular flexibility index (Phi) is 4.99. The monoisotopic (exact) mass is 299 g/mol. The lowest BCUT2D eigenvalue weighted by molar-refractivity contribution is 0.0952. The van der Waals surface area contributed by atoms with Crippen LogP contribution >= 0.6 is 0 Å². The summed E-state index contributed by atoms with van der Waals surface area (Å²) >= 11 is 0. The number of rotatable bonds is 5. The van der Waals surface area contributed by atoms with E-state index in [4.69, 9.17) is 4.74 Å². The van der Waals surface area contributed by atoms with Crippen LogP contribution in [0.3, 0.4) is 0 Å². The first-order chi connectivity index (χ1) is 10.5. The molecular weight excluding hydrogens is 278 g/mol. The van der Waals surface area contributed by atoms with Gasteiger partial charge in [-0.05, 0) is 39.0 Å². The molecule has 0 spiro atoms. The van der Waals surface area contributed by atoms with Gasteiger partial charge < -0.3 is 9.30 Å². The number of ether oxygens (including phenoxy) is 1. The quantitative estimate of drug-likeness (QED) is 0.681. The molecule has 116 valence electrons. The van der Waals surface area contributed by atoms with Crippen LogP contribution in [0.2, 0.25) is 0 Å². The smallest absolute Gasteiger partial charge is 0.275 e. The molecule has 5 heteroatoms. The van der Waals surface area contributed by atoms with E-state index < -0.39 is 0 Å². The second kappa shape index (κ2) is 6.93. The van der Waals surface area contributed by atoms with E-state index in [1.54, 1.807) is 24.4 Å². The van der Waals surface area contributed by atoms with Gasteiger partial charge in [0.1, 0.15) is 5.75 Å². The fraction of sp³-hybridized carbons (Fsp3) is 0.294. The Morgan fingerprint density at radius 2 is 2.09 bits per heavy atom. The summed E-state index contributed by atoms with van der Waals surface area (Å²) in [6.07, 6.45) is 3.65. The van der Waals surface area contributed by atoms with E-state index in [2.05, 4.69) is 28.9 Å². The molecule has 0 saturated carbocycles. The molecule has 0 fully saturated rings. The lowest BCUT2D eigenvalue weighted by atomic mass is 10.2. The Balaban J connectivity index is 2.06. The number of nitrogens with one attached hydrogen (secondary N) is 1. The van der Waals surface area contributed by atoms with E-state index in [0.717, 1.165) is 11.3 Å². The van der Waals surface area contributed by atoms with Gasteiger partial charge in [0.05, 0.1) is 18.9 Å². The van der Waals surface area contributed by atoms with Crippen LogP contribution in [0.1, 0.15) is 41.5 Å². The van der Waals surface area contributed by atoms with Crippen molar-refractivity contribution >= 4 is 12.1 Å². The van der Waals surface area contributed by atoms with Crippen molar-refractivity contribution in [1.29, 1.82) is 0 Å². The lowest BCUT2D eigenvalue weighted by Crippen LogP contribution is -2.18. The molecule has 0 saturated heterocycles. The molecule has 0 unspecified atom stereocenters. The van der Waals surface area contributed by atoms with E-state index >= 15 is 0 Å². The Morgan fingerprint density at radius 3 is 2.73 bits per heavy atom. The molecule has 0 radical (unpaired) electrons. The third kappa shape index (κ3) is 3.55. The number of benzene rings is 1. The first kappa shape index (κ1) is 15.8. The highest BCUT2D eigenvalue weighted by Gasteiger charge is 2.10. The summed E-state index contributed by atoms with van der Waals surface area (Å²) in [4.78, 5) is 12.1. The first-order valence-electron chi connectivity index (χ1n) is 7.18. The predicted molar refractivity (Wildman–Crippen MR) is 87.6 cm³/mol. The van der Waals surface area contributed by atoms with Gasteiger partial charge in [0, 0.05) is 23.5 Å². The summed E-state index contributed by atoms with van der Waals surface area (Å²) in [7, 11) is 1.53. The van der Waals surface area contributed by atoms with Gasteiger partial charge in [0.15, 0.2) is 0 Å². The number of hydrogen-bond donors (Lipinski definition) is 1. The summed E-state index contributed by atoms with van der Waals surface area (Å²) in [6.45, 7) is 6.29. The van der Waals surface area contributed by atoms with Crippen molar-refractivity contribution in [3.05, 3.63) is 53.3 Å². The second-order valence-corrected chi connectivity index (χ2v) is 5.32. The zero-order chi connectivity index (χ0) is 16.1. The van der Waals surface area contributed by atoms with Gasteiger partial charge in [0.25, 0.3) is 5.91 Å². The van der Waals surface area contributed by atoms with Gasteiger partial charge >= 0.3 is 0 Å². The molecule has 1 heterocycles. The molecule has 2 rings (SSSR count). The van der Waals surface area contributed by atoms with Crippen LogP contribution in [0.15, 0.2) is 41.6 Å². The number of methoxy groups -OCH3 is 1. The first-order valence-corrected chi connectivity index (χ1v) is 7.18. The average Bonchev–Trinajstić information content (AvgIpc) is 2.88. The highest BCUT2D eigenvalue weighted by Crippen LogP contribution is 2.17. The normalized spacial score (nSPS) is 11.1. The van der Waals surface area contributed by atoms with Crippen molar-refractivity contribution in [1.82, 2.24) is 9.99 Å². The minimum Gasteiger partial charge on any atom is -0.496 e. The number of carbonyl (C=O) groups is 1. The Labute approximate surface area is 130 Å². The zero-order valence-electron chi connectivity index (χ0n) is 13.3. The van der Waals surface area contributed by atoms with E-state index in [0.29, 0.717) is 17.4 Å². The van der Waals surface area contributed by atoms with Crippen LogP contribution in [0, 0.1) is 6.92 Å². The molecule has 0 aliphatic heterocycles. The fourth-order valence-corrected chi connectivity index (χ4v) is 2.30. The van der Waals surface area contributed by atoms with E-state index in [1.807, 2.05) is 25.3 Å². The van der Waals surface area contributed by atoms with E-state index in [-0.39, 0.29) is 5.91 Å². The number of hydrazone groups is 1. The maximum absolute atomic E-state index is 12.1. The van der Waals surface area contributed by atoms with Gasteiger partial charge in [0.2, 0.25) is 0 Å². The Morgan fingerprint density at radius 1 is 1.36 bits per heavy atom. The second-order valence-electron chi connectivity index (χ2n) is 5.32. The van der Waals surface area contributed by atoms with Crippen LogP contribution in [0.25, 0.3) is 0 Å². The van der Waals surface area contributed by atoms with Crippen molar-refractivity contribution in [3.63, 3.8) is 0 Å². The highest BCUT2D eigenvalue weighted by molar-refractivity contribution is 5.97.